The molecule has 2 fully saturated rings. The Labute approximate surface area is 168 Å². The lowest BCUT2D eigenvalue weighted by Crippen LogP contribution is -2.48. The van der Waals surface area contributed by atoms with E-state index in [1.807, 2.05) is 23.1 Å². The Morgan fingerprint density at radius 3 is 2.18 bits per heavy atom. The number of carbonyl (C=O) groups excluding carboxylic acids is 1. The minimum atomic E-state index is 0.160. The van der Waals surface area contributed by atoms with Gasteiger partial charge in [0.05, 0.1) is 0 Å². The molecule has 2 aliphatic heterocycles. The summed E-state index contributed by atoms with van der Waals surface area (Å²) in [5.41, 5.74) is 3.28. The van der Waals surface area contributed by atoms with Crippen LogP contribution in [0.15, 0.2) is 60.7 Å². The van der Waals surface area contributed by atoms with Crippen molar-refractivity contribution < 1.29 is 4.79 Å². The number of hydrogen-bond donors (Lipinski definition) is 0. The third-order valence-electron chi connectivity index (χ3n) is 5.72. The summed E-state index contributed by atoms with van der Waals surface area (Å²) in [4.78, 5) is 19.6. The molecule has 0 saturated carbocycles. The first-order valence-electron chi connectivity index (χ1n) is 10.4. The lowest BCUT2D eigenvalue weighted by Gasteiger charge is -2.34. The van der Waals surface area contributed by atoms with Crippen molar-refractivity contribution in [3.8, 4) is 0 Å². The highest BCUT2D eigenvalue weighted by Crippen LogP contribution is 2.21. The van der Waals surface area contributed by atoms with Crippen LogP contribution in [0.25, 0.3) is 6.08 Å². The fraction of sp³-hybridized carbons (Fsp3) is 0.375. The van der Waals surface area contributed by atoms with E-state index >= 15 is 0 Å². The summed E-state index contributed by atoms with van der Waals surface area (Å²) < 4.78 is 0. The summed E-state index contributed by atoms with van der Waals surface area (Å²) in [5, 5.41) is 0. The van der Waals surface area contributed by atoms with Crippen LogP contribution in [-0.2, 0) is 0 Å². The van der Waals surface area contributed by atoms with E-state index in [0.29, 0.717) is 0 Å². The third kappa shape index (κ3) is 4.63. The lowest BCUT2D eigenvalue weighted by atomic mass is 10.1. The molecule has 0 spiro atoms. The molecule has 0 N–H and O–H groups in total. The molecule has 0 atom stereocenters. The van der Waals surface area contributed by atoms with Gasteiger partial charge in [0, 0.05) is 57.1 Å². The van der Waals surface area contributed by atoms with Crippen LogP contribution in [0.2, 0.25) is 0 Å². The molecule has 2 aromatic rings. The number of benzene rings is 2. The number of nitrogens with zero attached hydrogens (tertiary/aromatic N) is 3. The van der Waals surface area contributed by atoms with Gasteiger partial charge in [-0.15, -0.1) is 0 Å². The number of rotatable bonds is 5. The first kappa shape index (κ1) is 18.8. The van der Waals surface area contributed by atoms with Gasteiger partial charge in [-0.3, -0.25) is 9.69 Å². The fourth-order valence-corrected chi connectivity index (χ4v) is 4.01. The molecule has 0 aromatic heterocycles. The SMILES string of the molecule is O=C(c1ccc(N2CCCC2)cc1)N1CCN(C/C=C/c2ccccc2)CC1. The van der Waals surface area contributed by atoms with Gasteiger partial charge in [0.1, 0.15) is 0 Å². The molecule has 0 radical (unpaired) electrons. The summed E-state index contributed by atoms with van der Waals surface area (Å²) in [7, 11) is 0. The zero-order valence-corrected chi connectivity index (χ0v) is 16.5. The Morgan fingerprint density at radius 2 is 1.50 bits per heavy atom. The smallest absolute Gasteiger partial charge is 0.253 e. The monoisotopic (exact) mass is 375 g/mol. The number of piperazine rings is 1. The summed E-state index contributed by atoms with van der Waals surface area (Å²) >= 11 is 0. The van der Waals surface area contributed by atoms with E-state index in [0.717, 1.165) is 51.4 Å². The van der Waals surface area contributed by atoms with Crippen LogP contribution in [0.3, 0.4) is 0 Å². The van der Waals surface area contributed by atoms with Gasteiger partial charge < -0.3 is 9.80 Å². The van der Waals surface area contributed by atoms with Gasteiger partial charge in [-0.05, 0) is 42.7 Å². The van der Waals surface area contributed by atoms with Gasteiger partial charge >= 0.3 is 0 Å². The Hall–Kier alpha value is -2.59. The van der Waals surface area contributed by atoms with E-state index in [1.54, 1.807) is 0 Å². The molecule has 2 heterocycles. The topological polar surface area (TPSA) is 26.8 Å². The van der Waals surface area contributed by atoms with E-state index < -0.39 is 0 Å². The van der Waals surface area contributed by atoms with Crippen molar-refractivity contribution >= 4 is 17.7 Å². The zero-order valence-electron chi connectivity index (χ0n) is 16.5. The summed E-state index contributed by atoms with van der Waals surface area (Å²) in [6, 6.07) is 18.6. The Balaban J connectivity index is 1.26. The number of amides is 1. The van der Waals surface area contributed by atoms with Crippen LogP contribution in [0.1, 0.15) is 28.8 Å². The quantitative estimate of drug-likeness (QED) is 0.796. The number of carbonyl (C=O) groups is 1. The van der Waals surface area contributed by atoms with E-state index in [-0.39, 0.29) is 5.91 Å². The van der Waals surface area contributed by atoms with Gasteiger partial charge in [-0.2, -0.15) is 0 Å². The largest absolute Gasteiger partial charge is 0.372 e. The van der Waals surface area contributed by atoms with Gasteiger partial charge in [-0.1, -0.05) is 42.5 Å². The van der Waals surface area contributed by atoms with Crippen molar-refractivity contribution in [3.63, 3.8) is 0 Å². The predicted molar refractivity (Wildman–Crippen MR) is 116 cm³/mol. The molecule has 2 saturated heterocycles. The maximum atomic E-state index is 12.8. The second-order valence-electron chi connectivity index (χ2n) is 7.65. The molecule has 4 rings (SSSR count). The van der Waals surface area contributed by atoms with Crippen LogP contribution in [0.4, 0.5) is 5.69 Å². The highest BCUT2D eigenvalue weighted by Gasteiger charge is 2.22. The molecule has 4 nitrogen and oxygen atoms in total. The van der Waals surface area contributed by atoms with E-state index in [1.165, 1.54) is 24.1 Å². The highest BCUT2D eigenvalue weighted by atomic mass is 16.2. The van der Waals surface area contributed by atoms with Crippen LogP contribution in [0, 0.1) is 0 Å². The maximum absolute atomic E-state index is 12.8. The molecule has 0 unspecified atom stereocenters. The normalized spacial score (nSPS) is 18.1. The molecule has 28 heavy (non-hydrogen) atoms. The van der Waals surface area contributed by atoms with Crippen molar-refractivity contribution in [1.82, 2.24) is 9.80 Å². The molecule has 146 valence electrons. The number of hydrogen-bond acceptors (Lipinski definition) is 3. The summed E-state index contributed by atoms with van der Waals surface area (Å²) in [5.74, 6) is 0.160. The first-order chi connectivity index (χ1) is 13.8. The zero-order chi connectivity index (χ0) is 19.2. The van der Waals surface area contributed by atoms with E-state index in [4.69, 9.17) is 0 Å². The highest BCUT2D eigenvalue weighted by molar-refractivity contribution is 5.94. The van der Waals surface area contributed by atoms with Crippen molar-refractivity contribution in [2.24, 2.45) is 0 Å². The average Bonchev–Trinajstić information content (AvgIpc) is 3.30. The Morgan fingerprint density at radius 1 is 0.821 bits per heavy atom. The van der Waals surface area contributed by atoms with Gasteiger partial charge in [0.25, 0.3) is 5.91 Å². The Bertz CT molecular complexity index is 786. The predicted octanol–water partition coefficient (Wildman–Crippen LogP) is 3.76. The molecule has 2 aromatic carbocycles. The fourth-order valence-electron chi connectivity index (χ4n) is 4.01. The molecule has 4 heteroatoms. The van der Waals surface area contributed by atoms with Crippen molar-refractivity contribution in [2.75, 3.05) is 50.7 Å². The second kappa shape index (κ2) is 9.07. The van der Waals surface area contributed by atoms with E-state index in [2.05, 4.69) is 58.4 Å². The molecular weight excluding hydrogens is 346 g/mol. The average molecular weight is 376 g/mol. The Kier molecular flexibility index (Phi) is 6.07. The second-order valence-corrected chi connectivity index (χ2v) is 7.65. The van der Waals surface area contributed by atoms with Crippen molar-refractivity contribution in [3.05, 3.63) is 71.8 Å². The van der Waals surface area contributed by atoms with Crippen molar-refractivity contribution in [1.29, 1.82) is 0 Å². The van der Waals surface area contributed by atoms with Crippen LogP contribution in [-0.4, -0.2) is 61.5 Å². The van der Waals surface area contributed by atoms with Crippen molar-refractivity contribution in [2.45, 2.75) is 12.8 Å². The van der Waals surface area contributed by atoms with E-state index in [9.17, 15) is 4.79 Å². The molecule has 0 bridgehead atoms. The lowest BCUT2D eigenvalue weighted by molar-refractivity contribution is 0.0650. The van der Waals surface area contributed by atoms with Gasteiger partial charge in [-0.25, -0.2) is 0 Å². The number of anilines is 1. The minimum Gasteiger partial charge on any atom is -0.372 e. The van der Waals surface area contributed by atoms with Gasteiger partial charge in [0.15, 0.2) is 0 Å². The third-order valence-corrected chi connectivity index (χ3v) is 5.72. The van der Waals surface area contributed by atoms with Gasteiger partial charge in [0.2, 0.25) is 0 Å². The van der Waals surface area contributed by atoms with Crippen LogP contribution in [0.5, 0.6) is 0 Å². The standard InChI is InChI=1S/C24H29N3O/c28-24(22-10-12-23(13-11-22)26-15-4-5-16-26)27-19-17-25(18-20-27)14-6-9-21-7-2-1-3-8-21/h1-3,6-13H,4-5,14-20H2/b9-6+. The first-order valence-corrected chi connectivity index (χ1v) is 10.4. The molecule has 0 aliphatic carbocycles. The molecular formula is C24H29N3O. The van der Waals surface area contributed by atoms with Crippen LogP contribution >= 0.6 is 0 Å². The summed E-state index contributed by atoms with van der Waals surface area (Å²) in [6.45, 7) is 6.65. The molecule has 1 amide bonds. The molecule has 2 aliphatic rings. The van der Waals surface area contributed by atoms with Crippen LogP contribution < -0.4 is 4.90 Å². The summed E-state index contributed by atoms with van der Waals surface area (Å²) in [6.07, 6.45) is 6.92. The maximum Gasteiger partial charge on any atom is 0.253 e. The minimum absolute atomic E-state index is 0.160.